The standard InChI is InChI=1S/C8H19NOP2/c1-3-5-6-7-8-10-12-9-11-4-2/h12H,3-8H2,1-2H3. The second-order valence-corrected chi connectivity index (χ2v) is 4.74. The molecule has 1 unspecified atom stereocenters. The van der Waals surface area contributed by atoms with Gasteiger partial charge in [-0.2, -0.15) is 0 Å². The van der Waals surface area contributed by atoms with Crippen molar-refractivity contribution in [3.63, 3.8) is 0 Å². The fourth-order valence-electron chi connectivity index (χ4n) is 0.775. The van der Waals surface area contributed by atoms with Crippen molar-refractivity contribution >= 4 is 17.3 Å². The van der Waals surface area contributed by atoms with Crippen molar-refractivity contribution in [1.29, 1.82) is 0 Å². The summed E-state index contributed by atoms with van der Waals surface area (Å²) in [5.41, 5.74) is 0. The van der Waals surface area contributed by atoms with Crippen molar-refractivity contribution < 1.29 is 4.52 Å². The van der Waals surface area contributed by atoms with Crippen LogP contribution in [0.15, 0.2) is 4.52 Å². The summed E-state index contributed by atoms with van der Waals surface area (Å²) in [7, 11) is 1.53. The molecule has 12 heavy (non-hydrogen) atoms. The van der Waals surface area contributed by atoms with Crippen molar-refractivity contribution in [3.05, 3.63) is 0 Å². The zero-order valence-corrected chi connectivity index (χ0v) is 9.94. The van der Waals surface area contributed by atoms with Crippen LogP contribution in [0.1, 0.15) is 39.5 Å². The van der Waals surface area contributed by atoms with E-state index in [4.69, 9.17) is 4.52 Å². The molecule has 0 radical (unpaired) electrons. The molecule has 0 aromatic rings. The lowest BCUT2D eigenvalue weighted by Crippen LogP contribution is -1.84. The van der Waals surface area contributed by atoms with Crippen LogP contribution >= 0.6 is 17.3 Å². The number of unbranched alkanes of at least 4 members (excludes halogenated alkanes) is 3. The average molecular weight is 207 g/mol. The molecule has 0 bridgehead atoms. The first-order valence-corrected chi connectivity index (χ1v) is 6.53. The first kappa shape index (κ1) is 12.5. The molecule has 0 aliphatic rings. The third kappa shape index (κ3) is 10.5. The van der Waals surface area contributed by atoms with Crippen molar-refractivity contribution in [3.8, 4) is 0 Å². The fraction of sp³-hybridized carbons (Fsp3) is 1.00. The minimum Gasteiger partial charge on any atom is -0.340 e. The van der Waals surface area contributed by atoms with Crippen LogP contribution in [0.25, 0.3) is 0 Å². The monoisotopic (exact) mass is 207 g/mol. The second kappa shape index (κ2) is 11.5. The van der Waals surface area contributed by atoms with Crippen LogP contribution in [0.2, 0.25) is 0 Å². The molecule has 0 fully saturated rings. The highest BCUT2D eigenvalue weighted by Gasteiger charge is 1.87. The third-order valence-corrected chi connectivity index (χ3v) is 2.93. The Kier molecular flexibility index (Phi) is 12.0. The van der Waals surface area contributed by atoms with Gasteiger partial charge in [0.2, 0.25) is 0 Å². The normalized spacial score (nSPS) is 12.2. The number of rotatable bonds is 8. The largest absolute Gasteiger partial charge is 0.340 e. The predicted molar refractivity (Wildman–Crippen MR) is 58.3 cm³/mol. The van der Waals surface area contributed by atoms with Gasteiger partial charge in [0, 0.05) is 14.5 Å². The van der Waals surface area contributed by atoms with Gasteiger partial charge in [-0.25, -0.2) is 4.52 Å². The summed E-state index contributed by atoms with van der Waals surface area (Å²) in [5, 5.41) is 0. The third-order valence-electron chi connectivity index (χ3n) is 1.42. The molecule has 0 rings (SSSR count). The van der Waals surface area contributed by atoms with E-state index in [-0.39, 0.29) is 0 Å². The van der Waals surface area contributed by atoms with Crippen molar-refractivity contribution in [2.45, 2.75) is 39.5 Å². The second-order valence-electron chi connectivity index (χ2n) is 2.56. The van der Waals surface area contributed by atoms with Crippen LogP contribution < -0.4 is 0 Å². The lowest BCUT2D eigenvalue weighted by Gasteiger charge is -1.98. The molecule has 4 heteroatoms. The molecule has 0 heterocycles. The van der Waals surface area contributed by atoms with E-state index in [1.54, 1.807) is 0 Å². The smallest absolute Gasteiger partial charge is 0.141 e. The predicted octanol–water partition coefficient (Wildman–Crippen LogP) is 4.24. The highest BCUT2D eigenvalue weighted by atomic mass is 31.1. The van der Waals surface area contributed by atoms with Gasteiger partial charge in [-0.3, -0.25) is 0 Å². The summed E-state index contributed by atoms with van der Waals surface area (Å²) in [6, 6.07) is 0. The van der Waals surface area contributed by atoms with Crippen LogP contribution in [0.4, 0.5) is 0 Å². The first-order chi connectivity index (χ1) is 5.91. The number of hydrogen-bond donors (Lipinski definition) is 0. The Hall–Kier alpha value is 0.490. The van der Waals surface area contributed by atoms with Crippen molar-refractivity contribution in [2.24, 2.45) is 4.52 Å². The molecule has 0 saturated heterocycles. The van der Waals surface area contributed by atoms with Crippen LogP contribution in [-0.4, -0.2) is 12.8 Å². The summed E-state index contributed by atoms with van der Waals surface area (Å²) in [6.07, 6.45) is 6.22. The maximum atomic E-state index is 5.34. The highest BCUT2D eigenvalue weighted by Crippen LogP contribution is 2.20. The van der Waals surface area contributed by atoms with Gasteiger partial charge in [0.15, 0.2) is 0 Å². The molecular weight excluding hydrogens is 188 g/mol. The van der Waals surface area contributed by atoms with Crippen LogP contribution in [0.5, 0.6) is 0 Å². The minimum absolute atomic E-state index is 0.364. The van der Waals surface area contributed by atoms with Gasteiger partial charge in [-0.1, -0.05) is 33.1 Å². The van der Waals surface area contributed by atoms with E-state index in [0.29, 0.717) is 8.96 Å². The van der Waals surface area contributed by atoms with Crippen molar-refractivity contribution in [2.75, 3.05) is 12.8 Å². The lowest BCUT2D eigenvalue weighted by molar-refractivity contribution is 0.346. The molecule has 72 valence electrons. The van der Waals surface area contributed by atoms with Gasteiger partial charge in [0.1, 0.15) is 8.96 Å². The van der Waals surface area contributed by atoms with E-state index in [9.17, 15) is 0 Å². The summed E-state index contributed by atoms with van der Waals surface area (Å²) < 4.78 is 9.52. The molecule has 0 spiro atoms. The topological polar surface area (TPSA) is 21.6 Å². The molecule has 0 aromatic carbocycles. The van der Waals surface area contributed by atoms with Gasteiger partial charge in [0.25, 0.3) is 0 Å². The highest BCUT2D eigenvalue weighted by molar-refractivity contribution is 7.41. The molecule has 1 atom stereocenters. The zero-order valence-electron chi connectivity index (χ0n) is 8.05. The van der Waals surface area contributed by atoms with E-state index in [0.717, 1.165) is 21.1 Å². The van der Waals surface area contributed by atoms with Gasteiger partial charge >= 0.3 is 0 Å². The maximum absolute atomic E-state index is 5.34. The van der Waals surface area contributed by atoms with Gasteiger partial charge in [-0.15, -0.1) is 0 Å². The van der Waals surface area contributed by atoms with Crippen molar-refractivity contribution in [1.82, 2.24) is 0 Å². The lowest BCUT2D eigenvalue weighted by atomic mass is 10.2. The first-order valence-electron chi connectivity index (χ1n) is 4.65. The maximum Gasteiger partial charge on any atom is 0.141 e. The minimum atomic E-state index is 0.364. The molecule has 0 N–H and O–H groups in total. The Morgan fingerprint density at radius 2 is 2.08 bits per heavy atom. The van der Waals surface area contributed by atoms with Crippen LogP contribution in [0.3, 0.4) is 0 Å². The van der Waals surface area contributed by atoms with E-state index in [1.807, 2.05) is 0 Å². The SMILES string of the molecule is CCCCCCOPN=PCC. The van der Waals surface area contributed by atoms with E-state index < -0.39 is 0 Å². The van der Waals surface area contributed by atoms with Crippen LogP contribution in [0, 0.1) is 0 Å². The van der Waals surface area contributed by atoms with Gasteiger partial charge in [0.05, 0.1) is 6.61 Å². The molecule has 0 amide bonds. The number of nitrogens with zero attached hydrogens (tertiary/aromatic N) is 1. The summed E-state index contributed by atoms with van der Waals surface area (Å²) >= 11 is 0. The Morgan fingerprint density at radius 3 is 2.75 bits per heavy atom. The Morgan fingerprint density at radius 1 is 1.25 bits per heavy atom. The summed E-state index contributed by atoms with van der Waals surface area (Å²) in [6.45, 7) is 5.23. The average Bonchev–Trinajstić information content (AvgIpc) is 2.10. The number of hydrogen-bond acceptors (Lipinski definition) is 2. The molecule has 0 aliphatic carbocycles. The van der Waals surface area contributed by atoms with Gasteiger partial charge in [-0.05, 0) is 6.42 Å². The summed E-state index contributed by atoms with van der Waals surface area (Å²) in [5.74, 6) is 0. The van der Waals surface area contributed by atoms with Gasteiger partial charge < -0.3 is 4.52 Å². The van der Waals surface area contributed by atoms with E-state index >= 15 is 0 Å². The Bertz CT molecular complexity index is 109. The van der Waals surface area contributed by atoms with Crippen LogP contribution in [-0.2, 0) is 4.52 Å². The fourth-order valence-corrected chi connectivity index (χ4v) is 2.04. The molecule has 2 nitrogen and oxygen atoms in total. The molecule has 0 saturated carbocycles. The molecular formula is C8H19NOP2. The molecule has 0 aromatic heterocycles. The van der Waals surface area contributed by atoms with E-state index in [2.05, 4.69) is 18.4 Å². The van der Waals surface area contributed by atoms with E-state index in [1.165, 1.54) is 25.7 Å². The summed E-state index contributed by atoms with van der Waals surface area (Å²) in [4.78, 5) is 0. The Balaban J connectivity index is 2.86. The molecule has 0 aliphatic heterocycles. The zero-order chi connectivity index (χ0) is 9.07. The quantitative estimate of drug-likeness (QED) is 0.431. The Labute approximate surface area is 79.3 Å².